The van der Waals surface area contributed by atoms with Crippen LogP contribution in [-0.2, 0) is 21.7 Å². The molecule has 10 heavy (non-hydrogen) atoms. The van der Waals surface area contributed by atoms with Crippen LogP contribution in [0.4, 0.5) is 0 Å². The fraction of sp³-hybridized carbons (Fsp3) is 0.429. The van der Waals surface area contributed by atoms with E-state index in [0.717, 1.165) is 0 Å². The van der Waals surface area contributed by atoms with Gasteiger partial charge in [-0.2, -0.15) is 6.08 Å². The van der Waals surface area contributed by atoms with Crippen LogP contribution in [-0.4, -0.2) is 0 Å². The number of allylic oxidation sites excluding steroid dienone is 4. The van der Waals surface area contributed by atoms with Crippen molar-refractivity contribution >= 4 is 24.8 Å². The summed E-state index contributed by atoms with van der Waals surface area (Å²) in [5, 5.41) is 0. The first-order valence-corrected chi connectivity index (χ1v) is 2.57. The summed E-state index contributed by atoms with van der Waals surface area (Å²) in [5.41, 5.74) is 1.34. The SMILES string of the molecule is CC1=CC(C)[C-]=C1.Cl.Cl.[Ti]. The van der Waals surface area contributed by atoms with E-state index in [0.29, 0.717) is 5.92 Å². The van der Waals surface area contributed by atoms with Crippen molar-refractivity contribution in [1.82, 2.24) is 0 Å². The van der Waals surface area contributed by atoms with E-state index in [1.807, 2.05) is 6.08 Å². The quantitative estimate of drug-likeness (QED) is 0.429. The molecule has 0 aromatic heterocycles. The minimum absolute atomic E-state index is 0. The van der Waals surface area contributed by atoms with Crippen molar-refractivity contribution in [2.24, 2.45) is 5.92 Å². The predicted octanol–water partition coefficient (Wildman–Crippen LogP) is 2.78. The van der Waals surface area contributed by atoms with E-state index >= 15 is 0 Å². The molecule has 0 heterocycles. The Morgan fingerprint density at radius 2 is 1.90 bits per heavy atom. The van der Waals surface area contributed by atoms with E-state index in [4.69, 9.17) is 0 Å². The minimum Gasteiger partial charge on any atom is -0.270 e. The molecule has 0 radical (unpaired) electrons. The van der Waals surface area contributed by atoms with Crippen molar-refractivity contribution in [3.63, 3.8) is 0 Å². The second-order valence-electron chi connectivity index (χ2n) is 2.01. The first-order chi connectivity index (χ1) is 3.29. The minimum atomic E-state index is 0. The van der Waals surface area contributed by atoms with Crippen LogP contribution in [0.15, 0.2) is 17.7 Å². The summed E-state index contributed by atoms with van der Waals surface area (Å²) in [6.07, 6.45) is 7.38. The van der Waals surface area contributed by atoms with Gasteiger partial charge in [-0.05, 0) is 0 Å². The van der Waals surface area contributed by atoms with Crippen molar-refractivity contribution in [2.75, 3.05) is 0 Å². The van der Waals surface area contributed by atoms with E-state index in [-0.39, 0.29) is 46.5 Å². The van der Waals surface area contributed by atoms with Gasteiger partial charge in [0.15, 0.2) is 0 Å². The molecule has 0 spiro atoms. The summed E-state index contributed by atoms with van der Waals surface area (Å²) in [6, 6.07) is 0. The number of rotatable bonds is 0. The Morgan fingerprint density at radius 1 is 1.40 bits per heavy atom. The summed E-state index contributed by atoms with van der Waals surface area (Å²) in [4.78, 5) is 0. The monoisotopic (exact) mass is 213 g/mol. The molecule has 1 aliphatic carbocycles. The fourth-order valence-electron chi connectivity index (χ4n) is 0.753. The molecular weight excluding hydrogens is 203 g/mol. The number of hydrogen-bond donors (Lipinski definition) is 0. The maximum atomic E-state index is 3.15. The van der Waals surface area contributed by atoms with Gasteiger partial charge in [0, 0.05) is 21.7 Å². The average Bonchev–Trinajstić information content (AvgIpc) is 1.87. The van der Waals surface area contributed by atoms with Gasteiger partial charge >= 0.3 is 0 Å². The molecule has 0 bridgehead atoms. The van der Waals surface area contributed by atoms with Crippen LogP contribution in [0, 0.1) is 12.0 Å². The van der Waals surface area contributed by atoms with Crippen LogP contribution >= 0.6 is 24.8 Å². The van der Waals surface area contributed by atoms with Crippen molar-refractivity contribution in [3.8, 4) is 0 Å². The zero-order valence-corrected chi connectivity index (χ0v) is 9.24. The van der Waals surface area contributed by atoms with Crippen LogP contribution in [0.25, 0.3) is 0 Å². The van der Waals surface area contributed by atoms with E-state index in [9.17, 15) is 0 Å². The fourth-order valence-corrected chi connectivity index (χ4v) is 0.753. The van der Waals surface area contributed by atoms with E-state index < -0.39 is 0 Å². The van der Waals surface area contributed by atoms with Crippen LogP contribution in [0.3, 0.4) is 0 Å². The van der Waals surface area contributed by atoms with E-state index in [2.05, 4.69) is 26.0 Å². The third-order valence-corrected chi connectivity index (χ3v) is 1.09. The molecule has 3 heteroatoms. The predicted molar refractivity (Wildman–Crippen MR) is 45.2 cm³/mol. The van der Waals surface area contributed by atoms with Crippen LogP contribution in [0.2, 0.25) is 0 Å². The van der Waals surface area contributed by atoms with Crippen molar-refractivity contribution in [3.05, 3.63) is 23.8 Å². The molecule has 0 aliphatic heterocycles. The summed E-state index contributed by atoms with van der Waals surface area (Å²) in [6.45, 7) is 4.23. The van der Waals surface area contributed by atoms with Crippen molar-refractivity contribution < 1.29 is 21.7 Å². The van der Waals surface area contributed by atoms with Gasteiger partial charge in [-0.3, -0.25) is 6.08 Å². The van der Waals surface area contributed by atoms with Crippen molar-refractivity contribution in [1.29, 1.82) is 0 Å². The van der Waals surface area contributed by atoms with Gasteiger partial charge in [-0.1, -0.05) is 12.8 Å². The molecule has 0 aromatic rings. The Bertz CT molecular complexity index is 130. The number of halogens is 2. The molecule has 1 atom stereocenters. The largest absolute Gasteiger partial charge is 0.270 e. The molecular formula is C7H11Cl2Ti-. The maximum absolute atomic E-state index is 3.15. The van der Waals surface area contributed by atoms with Crippen LogP contribution in [0.1, 0.15) is 13.8 Å². The van der Waals surface area contributed by atoms with Gasteiger partial charge in [0.2, 0.25) is 0 Å². The van der Waals surface area contributed by atoms with E-state index in [1.54, 1.807) is 0 Å². The molecule has 0 N–H and O–H groups in total. The molecule has 1 unspecified atom stereocenters. The molecule has 0 nitrogen and oxygen atoms in total. The molecule has 0 fully saturated rings. The summed E-state index contributed by atoms with van der Waals surface area (Å²) in [5.74, 6) is 0.556. The third-order valence-electron chi connectivity index (χ3n) is 1.09. The second-order valence-corrected chi connectivity index (χ2v) is 2.01. The number of hydrogen-bond acceptors (Lipinski definition) is 0. The summed E-state index contributed by atoms with van der Waals surface area (Å²) < 4.78 is 0. The second kappa shape index (κ2) is 7.88. The van der Waals surface area contributed by atoms with Gasteiger partial charge in [0.05, 0.1) is 0 Å². The molecule has 1 aliphatic rings. The maximum Gasteiger partial charge on any atom is 0 e. The molecule has 1 rings (SSSR count). The first-order valence-electron chi connectivity index (χ1n) is 2.57. The standard InChI is InChI=1S/C7H9.2ClH.Ti/c1-6-3-4-7(2)5-6;;;/h3,5,7H,1-2H3;2*1H;/q-1;;;. The Labute approximate surface area is 89.9 Å². The van der Waals surface area contributed by atoms with Gasteiger partial charge in [-0.25, -0.2) is 11.6 Å². The summed E-state index contributed by atoms with van der Waals surface area (Å²) >= 11 is 0. The molecule has 58 valence electrons. The van der Waals surface area contributed by atoms with Crippen molar-refractivity contribution in [2.45, 2.75) is 13.8 Å². The third kappa shape index (κ3) is 5.55. The van der Waals surface area contributed by atoms with Gasteiger partial charge in [0.25, 0.3) is 0 Å². The Hall–Kier alpha value is 0.774. The topological polar surface area (TPSA) is 0 Å². The zero-order chi connectivity index (χ0) is 5.28. The zero-order valence-electron chi connectivity index (χ0n) is 6.05. The first kappa shape index (κ1) is 17.0. The Balaban J connectivity index is -0.000000163. The average molecular weight is 214 g/mol. The van der Waals surface area contributed by atoms with Crippen LogP contribution in [0.5, 0.6) is 0 Å². The summed E-state index contributed by atoms with van der Waals surface area (Å²) in [7, 11) is 0. The smallest absolute Gasteiger partial charge is 0 e. The normalized spacial score (nSPS) is 19.8. The van der Waals surface area contributed by atoms with Crippen LogP contribution < -0.4 is 0 Å². The van der Waals surface area contributed by atoms with Gasteiger partial charge < -0.3 is 0 Å². The molecule has 0 amide bonds. The Morgan fingerprint density at radius 3 is 2.00 bits per heavy atom. The molecule has 0 saturated heterocycles. The molecule has 0 aromatic carbocycles. The van der Waals surface area contributed by atoms with Gasteiger partial charge in [0.1, 0.15) is 0 Å². The molecule has 0 saturated carbocycles. The van der Waals surface area contributed by atoms with E-state index in [1.165, 1.54) is 5.57 Å². The van der Waals surface area contributed by atoms with Gasteiger partial charge in [-0.15, -0.1) is 31.7 Å². The Kier molecular flexibility index (Phi) is 13.4.